The first-order valence-corrected chi connectivity index (χ1v) is 9.04. The molecule has 0 fully saturated rings. The molecule has 0 aliphatic heterocycles. The summed E-state index contributed by atoms with van der Waals surface area (Å²) < 4.78 is 6.02. The number of carbonyl (C=O) groups is 1. The highest BCUT2D eigenvalue weighted by Gasteiger charge is 2.20. The van der Waals surface area contributed by atoms with Gasteiger partial charge in [0.15, 0.2) is 6.10 Å². The summed E-state index contributed by atoms with van der Waals surface area (Å²) in [7, 11) is 0. The van der Waals surface area contributed by atoms with Gasteiger partial charge in [-0.05, 0) is 48.9 Å². The fraction of sp³-hybridized carbons (Fsp3) is 0.409. The van der Waals surface area contributed by atoms with Crippen LogP contribution >= 0.6 is 0 Å². The van der Waals surface area contributed by atoms with Crippen LogP contribution in [0.4, 0.5) is 0 Å². The van der Waals surface area contributed by atoms with E-state index in [1.54, 1.807) is 6.92 Å². The number of hydrogen-bond donors (Lipinski definition) is 1. The molecule has 2 aromatic carbocycles. The lowest BCUT2D eigenvalue weighted by Gasteiger charge is -2.22. The Hall–Kier alpha value is -2.29. The number of aryl methyl sites for hydroxylation is 1. The lowest BCUT2D eigenvalue weighted by Crippen LogP contribution is -2.38. The third-order valence-electron chi connectivity index (χ3n) is 4.39. The molecule has 0 aliphatic carbocycles. The average molecular weight is 339 g/mol. The zero-order valence-electron chi connectivity index (χ0n) is 15.9. The Balaban J connectivity index is 2.09. The molecule has 1 N–H and O–H groups in total. The number of amides is 1. The Labute approximate surface area is 151 Å². The van der Waals surface area contributed by atoms with E-state index in [2.05, 4.69) is 38.2 Å². The van der Waals surface area contributed by atoms with Crippen LogP contribution in [0.5, 0.6) is 5.75 Å². The van der Waals surface area contributed by atoms with E-state index >= 15 is 0 Å². The van der Waals surface area contributed by atoms with E-state index in [1.165, 1.54) is 0 Å². The second-order valence-electron chi connectivity index (χ2n) is 6.84. The number of nitrogens with one attached hydrogen (secondary N) is 1. The summed E-state index contributed by atoms with van der Waals surface area (Å²) in [6.45, 7) is 10.2. The van der Waals surface area contributed by atoms with Crippen LogP contribution in [0.1, 0.15) is 62.8 Å². The Morgan fingerprint density at radius 3 is 2.36 bits per heavy atom. The summed E-state index contributed by atoms with van der Waals surface area (Å²) in [5.74, 6) is 1.05. The second-order valence-corrected chi connectivity index (χ2v) is 6.84. The summed E-state index contributed by atoms with van der Waals surface area (Å²) in [6, 6.07) is 16.2. The van der Waals surface area contributed by atoms with Gasteiger partial charge in [-0.15, -0.1) is 0 Å². The van der Waals surface area contributed by atoms with Gasteiger partial charge in [0.25, 0.3) is 5.91 Å². The molecule has 0 heterocycles. The van der Waals surface area contributed by atoms with E-state index in [4.69, 9.17) is 4.74 Å². The monoisotopic (exact) mass is 339 g/mol. The van der Waals surface area contributed by atoms with Crippen molar-refractivity contribution in [2.75, 3.05) is 0 Å². The van der Waals surface area contributed by atoms with E-state index in [-0.39, 0.29) is 11.9 Å². The Morgan fingerprint density at radius 2 is 1.76 bits per heavy atom. The van der Waals surface area contributed by atoms with Crippen molar-refractivity contribution < 1.29 is 9.53 Å². The van der Waals surface area contributed by atoms with Gasteiger partial charge in [0.1, 0.15) is 5.75 Å². The second kappa shape index (κ2) is 8.70. The molecule has 0 saturated heterocycles. The molecule has 0 saturated carbocycles. The third kappa shape index (κ3) is 5.09. The molecule has 0 bridgehead atoms. The Bertz CT molecular complexity index is 694. The number of ether oxygens (including phenoxy) is 1. The normalized spacial score (nSPS) is 13.4. The van der Waals surface area contributed by atoms with Crippen LogP contribution < -0.4 is 10.1 Å². The largest absolute Gasteiger partial charge is 0.481 e. The first kappa shape index (κ1) is 19.0. The summed E-state index contributed by atoms with van der Waals surface area (Å²) in [5, 5.41) is 3.10. The summed E-state index contributed by atoms with van der Waals surface area (Å²) in [4.78, 5) is 12.6. The van der Waals surface area contributed by atoms with Crippen LogP contribution in [-0.2, 0) is 4.79 Å². The smallest absolute Gasteiger partial charge is 0.261 e. The van der Waals surface area contributed by atoms with Crippen molar-refractivity contribution in [1.29, 1.82) is 0 Å². The van der Waals surface area contributed by atoms with Gasteiger partial charge in [0.2, 0.25) is 0 Å². The predicted octanol–water partition coefficient (Wildman–Crippen LogP) is 5.15. The van der Waals surface area contributed by atoms with Crippen molar-refractivity contribution in [1.82, 2.24) is 5.32 Å². The van der Waals surface area contributed by atoms with Gasteiger partial charge in [-0.25, -0.2) is 0 Å². The third-order valence-corrected chi connectivity index (χ3v) is 4.39. The molecule has 134 valence electrons. The molecule has 2 atom stereocenters. The molecule has 0 radical (unpaired) electrons. The molecule has 0 aromatic heterocycles. The molecule has 0 spiro atoms. The topological polar surface area (TPSA) is 38.3 Å². The average Bonchev–Trinajstić information content (AvgIpc) is 2.59. The molecule has 0 aliphatic rings. The summed E-state index contributed by atoms with van der Waals surface area (Å²) >= 11 is 0. The van der Waals surface area contributed by atoms with E-state index in [9.17, 15) is 4.79 Å². The maximum absolute atomic E-state index is 12.6. The zero-order chi connectivity index (χ0) is 18.4. The van der Waals surface area contributed by atoms with Gasteiger partial charge >= 0.3 is 0 Å². The minimum absolute atomic E-state index is 0.00169. The molecular weight excluding hydrogens is 310 g/mol. The molecule has 1 amide bonds. The molecule has 2 aromatic rings. The minimum Gasteiger partial charge on any atom is -0.481 e. The van der Waals surface area contributed by atoms with E-state index < -0.39 is 6.10 Å². The molecule has 3 heteroatoms. The highest BCUT2D eigenvalue weighted by molar-refractivity contribution is 5.81. The fourth-order valence-electron chi connectivity index (χ4n) is 2.86. The highest BCUT2D eigenvalue weighted by Crippen LogP contribution is 2.28. The fourth-order valence-corrected chi connectivity index (χ4v) is 2.86. The number of carbonyl (C=O) groups excluding carboxylic acids is 1. The lowest BCUT2D eigenvalue weighted by molar-refractivity contribution is -0.128. The number of hydrogen-bond acceptors (Lipinski definition) is 2. The van der Waals surface area contributed by atoms with Crippen LogP contribution in [0, 0.1) is 6.92 Å². The van der Waals surface area contributed by atoms with Crippen LogP contribution in [-0.4, -0.2) is 12.0 Å². The van der Waals surface area contributed by atoms with Crippen LogP contribution in [0.3, 0.4) is 0 Å². The van der Waals surface area contributed by atoms with E-state index in [0.717, 1.165) is 28.9 Å². The molecule has 25 heavy (non-hydrogen) atoms. The van der Waals surface area contributed by atoms with Crippen LogP contribution in [0.25, 0.3) is 0 Å². The lowest BCUT2D eigenvalue weighted by atomic mass is 10.0. The van der Waals surface area contributed by atoms with Crippen LogP contribution in [0.15, 0.2) is 48.5 Å². The van der Waals surface area contributed by atoms with Gasteiger partial charge in [-0.1, -0.05) is 63.2 Å². The molecule has 0 unspecified atom stereocenters. The van der Waals surface area contributed by atoms with E-state index in [1.807, 2.05) is 43.3 Å². The van der Waals surface area contributed by atoms with Crippen molar-refractivity contribution >= 4 is 5.91 Å². The van der Waals surface area contributed by atoms with E-state index in [0.29, 0.717) is 5.92 Å². The summed E-state index contributed by atoms with van der Waals surface area (Å²) in [5.41, 5.74) is 3.37. The predicted molar refractivity (Wildman–Crippen MR) is 103 cm³/mol. The highest BCUT2D eigenvalue weighted by atomic mass is 16.5. The molecular formula is C22H29NO2. The maximum atomic E-state index is 12.6. The van der Waals surface area contributed by atoms with Gasteiger partial charge in [-0.3, -0.25) is 4.79 Å². The summed E-state index contributed by atoms with van der Waals surface area (Å²) in [6.07, 6.45) is 0.293. The van der Waals surface area contributed by atoms with Gasteiger partial charge in [0.05, 0.1) is 6.04 Å². The van der Waals surface area contributed by atoms with Crippen molar-refractivity contribution in [3.05, 3.63) is 65.2 Å². The minimum atomic E-state index is -0.544. The maximum Gasteiger partial charge on any atom is 0.261 e. The zero-order valence-corrected chi connectivity index (χ0v) is 15.9. The standard InChI is InChI=1S/C22H29NO2/c1-6-20(18-10-8-7-9-11-18)23-22(24)17(5)25-21-14-16(4)12-13-19(21)15(2)3/h7-15,17,20H,6H2,1-5H3,(H,23,24)/t17-,20-/m0/s1. The first-order valence-electron chi connectivity index (χ1n) is 9.04. The SMILES string of the molecule is CC[C@H](NC(=O)[C@H](C)Oc1cc(C)ccc1C(C)C)c1ccccc1. The quantitative estimate of drug-likeness (QED) is 0.757. The molecule has 3 nitrogen and oxygen atoms in total. The van der Waals surface area contributed by atoms with Gasteiger partial charge in [0, 0.05) is 0 Å². The Morgan fingerprint density at radius 1 is 1.08 bits per heavy atom. The Kier molecular flexibility index (Phi) is 6.63. The van der Waals surface area contributed by atoms with Crippen LogP contribution in [0.2, 0.25) is 0 Å². The van der Waals surface area contributed by atoms with Gasteiger partial charge in [-0.2, -0.15) is 0 Å². The molecule has 2 rings (SSSR count). The number of benzene rings is 2. The first-order chi connectivity index (χ1) is 11.9. The van der Waals surface area contributed by atoms with Crippen molar-refractivity contribution in [2.24, 2.45) is 0 Å². The van der Waals surface area contributed by atoms with Crippen molar-refractivity contribution in [3.8, 4) is 5.75 Å². The van der Waals surface area contributed by atoms with Crippen molar-refractivity contribution in [2.45, 2.75) is 59.1 Å². The van der Waals surface area contributed by atoms with Gasteiger partial charge < -0.3 is 10.1 Å². The van der Waals surface area contributed by atoms with Crippen molar-refractivity contribution in [3.63, 3.8) is 0 Å². The number of rotatable bonds is 7.